The predicted octanol–water partition coefficient (Wildman–Crippen LogP) is 1.86. The van der Waals surface area contributed by atoms with Crippen molar-refractivity contribution in [2.45, 2.75) is 32.4 Å². The summed E-state index contributed by atoms with van der Waals surface area (Å²) in [6, 6.07) is 6.94. The Hall–Kier alpha value is -2.54. The zero-order valence-electron chi connectivity index (χ0n) is 13.9. The number of carboxylic acids is 1. The molecule has 134 valence electrons. The Bertz CT molecular complexity index is 740. The molecule has 0 aromatic heterocycles. The first-order chi connectivity index (χ1) is 11.6. The fraction of sp³-hybridized carbons (Fsp3) is 0.353. The van der Waals surface area contributed by atoms with Crippen LogP contribution < -0.4 is 5.32 Å². The van der Waals surface area contributed by atoms with Gasteiger partial charge >= 0.3 is 5.97 Å². The van der Waals surface area contributed by atoms with Gasteiger partial charge < -0.3 is 20.4 Å². The molecule has 0 unspecified atom stereocenters. The third-order valence-corrected chi connectivity index (χ3v) is 4.21. The summed E-state index contributed by atoms with van der Waals surface area (Å²) in [6.07, 6.45) is 0.0855. The van der Waals surface area contributed by atoms with Crippen LogP contribution in [0.3, 0.4) is 0 Å². The van der Waals surface area contributed by atoms with E-state index in [1.54, 1.807) is 38.1 Å². The molecular formula is C17H19ClN2O5. The maximum atomic E-state index is 12.8. The standard InChI is InChI=1S/C17H19ClN2O5/c1-17(2)7-12(21)14(15(24)19-8-13(22)23)16(25)20(17)9-10-3-5-11(18)6-4-10/h3-6,21H,7-9H2,1-2H3,(H,19,24)(H,22,23). The van der Waals surface area contributed by atoms with Gasteiger partial charge in [0.15, 0.2) is 0 Å². The van der Waals surface area contributed by atoms with Gasteiger partial charge in [0.25, 0.3) is 11.8 Å². The third-order valence-electron chi connectivity index (χ3n) is 3.96. The Morgan fingerprint density at radius 1 is 1.28 bits per heavy atom. The smallest absolute Gasteiger partial charge is 0.322 e. The summed E-state index contributed by atoms with van der Waals surface area (Å²) >= 11 is 5.86. The molecule has 0 saturated heterocycles. The second-order valence-electron chi connectivity index (χ2n) is 6.41. The number of halogens is 1. The highest BCUT2D eigenvalue weighted by molar-refractivity contribution is 6.30. The molecule has 0 aliphatic carbocycles. The average Bonchev–Trinajstić information content (AvgIpc) is 2.50. The topological polar surface area (TPSA) is 107 Å². The van der Waals surface area contributed by atoms with E-state index < -0.39 is 35.4 Å². The number of nitrogens with zero attached hydrogens (tertiary/aromatic N) is 1. The minimum atomic E-state index is -1.24. The summed E-state index contributed by atoms with van der Waals surface area (Å²) in [7, 11) is 0. The zero-order valence-corrected chi connectivity index (χ0v) is 14.6. The highest BCUT2D eigenvalue weighted by atomic mass is 35.5. The van der Waals surface area contributed by atoms with Crippen molar-refractivity contribution < 1.29 is 24.6 Å². The van der Waals surface area contributed by atoms with E-state index in [1.165, 1.54) is 4.90 Å². The van der Waals surface area contributed by atoms with Crippen LogP contribution in [0.25, 0.3) is 0 Å². The fourth-order valence-corrected chi connectivity index (χ4v) is 2.78. The van der Waals surface area contributed by atoms with Crippen LogP contribution in [-0.2, 0) is 20.9 Å². The number of aliphatic hydroxyl groups is 1. The lowest BCUT2D eigenvalue weighted by molar-refractivity contribution is -0.140. The molecule has 0 saturated carbocycles. The van der Waals surface area contributed by atoms with Crippen molar-refractivity contribution >= 4 is 29.4 Å². The normalized spacial score (nSPS) is 16.8. The predicted molar refractivity (Wildman–Crippen MR) is 91.0 cm³/mol. The Kier molecular flexibility index (Phi) is 5.37. The van der Waals surface area contributed by atoms with E-state index in [1.807, 2.05) is 0 Å². The molecule has 0 fully saturated rings. The van der Waals surface area contributed by atoms with Gasteiger partial charge in [-0.15, -0.1) is 0 Å². The van der Waals surface area contributed by atoms with Crippen LogP contribution in [0.15, 0.2) is 35.6 Å². The van der Waals surface area contributed by atoms with Crippen molar-refractivity contribution in [2.75, 3.05) is 6.54 Å². The summed E-state index contributed by atoms with van der Waals surface area (Å²) in [5.74, 6) is -3.13. The molecule has 1 aromatic carbocycles. The molecule has 7 nitrogen and oxygen atoms in total. The second-order valence-corrected chi connectivity index (χ2v) is 6.84. The number of rotatable bonds is 5. The number of carbonyl (C=O) groups is 3. The van der Waals surface area contributed by atoms with Gasteiger partial charge in [0.2, 0.25) is 0 Å². The number of nitrogens with one attached hydrogen (secondary N) is 1. The number of aliphatic hydroxyl groups excluding tert-OH is 1. The van der Waals surface area contributed by atoms with E-state index in [9.17, 15) is 19.5 Å². The van der Waals surface area contributed by atoms with Gasteiger partial charge in [-0.2, -0.15) is 0 Å². The summed E-state index contributed by atoms with van der Waals surface area (Å²) in [5.41, 5.74) is -0.316. The number of hydrogen-bond acceptors (Lipinski definition) is 4. The summed E-state index contributed by atoms with van der Waals surface area (Å²) in [6.45, 7) is 3.15. The summed E-state index contributed by atoms with van der Waals surface area (Å²) in [5, 5.41) is 21.5. The first-order valence-electron chi connectivity index (χ1n) is 7.60. The molecule has 0 spiro atoms. The van der Waals surface area contributed by atoms with Crippen LogP contribution in [-0.4, -0.2) is 45.0 Å². The Balaban J connectivity index is 2.28. The van der Waals surface area contributed by atoms with E-state index in [0.717, 1.165) is 5.56 Å². The van der Waals surface area contributed by atoms with Gasteiger partial charge in [-0.1, -0.05) is 23.7 Å². The van der Waals surface area contributed by atoms with Crippen LogP contribution in [0.1, 0.15) is 25.8 Å². The number of benzene rings is 1. The van der Waals surface area contributed by atoms with Crippen LogP contribution in [0.5, 0.6) is 0 Å². The molecule has 1 aromatic rings. The Morgan fingerprint density at radius 3 is 2.44 bits per heavy atom. The first kappa shape index (κ1) is 18.8. The molecule has 2 rings (SSSR count). The fourth-order valence-electron chi connectivity index (χ4n) is 2.66. The summed E-state index contributed by atoms with van der Waals surface area (Å²) in [4.78, 5) is 37.0. The quantitative estimate of drug-likeness (QED) is 0.689. The van der Waals surface area contributed by atoms with Crippen molar-refractivity contribution in [1.29, 1.82) is 0 Å². The number of amides is 2. The van der Waals surface area contributed by atoms with Gasteiger partial charge in [0.1, 0.15) is 17.9 Å². The van der Waals surface area contributed by atoms with Gasteiger partial charge in [0, 0.05) is 23.5 Å². The highest BCUT2D eigenvalue weighted by Gasteiger charge is 2.42. The third kappa shape index (κ3) is 4.30. The van der Waals surface area contributed by atoms with Crippen molar-refractivity contribution in [2.24, 2.45) is 0 Å². The van der Waals surface area contributed by atoms with E-state index in [-0.39, 0.29) is 18.7 Å². The molecule has 2 amide bonds. The van der Waals surface area contributed by atoms with Crippen LogP contribution in [0.2, 0.25) is 5.02 Å². The molecule has 1 aliphatic heterocycles. The minimum absolute atomic E-state index is 0.0855. The Labute approximate surface area is 149 Å². The molecule has 8 heteroatoms. The maximum absolute atomic E-state index is 12.8. The van der Waals surface area contributed by atoms with Crippen molar-refractivity contribution in [3.63, 3.8) is 0 Å². The molecule has 0 bridgehead atoms. The molecule has 0 atom stereocenters. The Morgan fingerprint density at radius 2 is 1.88 bits per heavy atom. The van der Waals surface area contributed by atoms with Gasteiger partial charge in [0.05, 0.1) is 0 Å². The zero-order chi connectivity index (χ0) is 18.8. The largest absolute Gasteiger partial charge is 0.511 e. The number of carboxylic acid groups (broad SMARTS) is 1. The van der Waals surface area contributed by atoms with Crippen molar-refractivity contribution in [3.05, 3.63) is 46.2 Å². The lowest BCUT2D eigenvalue weighted by Crippen LogP contribution is -2.53. The molecule has 0 radical (unpaired) electrons. The number of carbonyl (C=O) groups excluding carboxylic acids is 2. The average molecular weight is 367 g/mol. The van der Waals surface area contributed by atoms with E-state index in [2.05, 4.69) is 5.32 Å². The monoisotopic (exact) mass is 366 g/mol. The maximum Gasteiger partial charge on any atom is 0.322 e. The lowest BCUT2D eigenvalue weighted by Gasteiger charge is -2.42. The highest BCUT2D eigenvalue weighted by Crippen LogP contribution is 2.32. The molecule has 3 N–H and O–H groups in total. The van der Waals surface area contributed by atoms with Crippen LogP contribution in [0.4, 0.5) is 0 Å². The van der Waals surface area contributed by atoms with Crippen LogP contribution in [0, 0.1) is 0 Å². The van der Waals surface area contributed by atoms with Gasteiger partial charge in [-0.3, -0.25) is 14.4 Å². The van der Waals surface area contributed by atoms with E-state index in [4.69, 9.17) is 16.7 Å². The van der Waals surface area contributed by atoms with E-state index >= 15 is 0 Å². The van der Waals surface area contributed by atoms with Gasteiger partial charge in [-0.25, -0.2) is 0 Å². The van der Waals surface area contributed by atoms with Crippen molar-refractivity contribution in [1.82, 2.24) is 10.2 Å². The number of hydrogen-bond donors (Lipinski definition) is 3. The molecule has 1 aliphatic rings. The molecule has 1 heterocycles. The van der Waals surface area contributed by atoms with Gasteiger partial charge in [-0.05, 0) is 31.5 Å². The summed E-state index contributed by atoms with van der Waals surface area (Å²) < 4.78 is 0. The first-order valence-corrected chi connectivity index (χ1v) is 7.98. The lowest BCUT2D eigenvalue weighted by atomic mass is 9.88. The SMILES string of the molecule is CC1(C)CC(O)=C(C(=O)NCC(=O)O)C(=O)N1Cc1ccc(Cl)cc1. The van der Waals surface area contributed by atoms with Crippen molar-refractivity contribution in [3.8, 4) is 0 Å². The molecular weight excluding hydrogens is 348 g/mol. The molecule has 25 heavy (non-hydrogen) atoms. The minimum Gasteiger partial charge on any atom is -0.511 e. The second kappa shape index (κ2) is 7.14. The van der Waals surface area contributed by atoms with E-state index in [0.29, 0.717) is 5.02 Å². The van der Waals surface area contributed by atoms with Crippen LogP contribution >= 0.6 is 11.6 Å². The number of aliphatic carboxylic acids is 1.